The van der Waals surface area contributed by atoms with Gasteiger partial charge in [0.1, 0.15) is 12.3 Å². The summed E-state index contributed by atoms with van der Waals surface area (Å²) in [5.41, 5.74) is -0.626. The van der Waals surface area contributed by atoms with Crippen molar-refractivity contribution in [3.8, 4) is 0 Å². The van der Waals surface area contributed by atoms with E-state index in [0.717, 1.165) is 0 Å². The first-order valence-electron chi connectivity index (χ1n) is 8.07. The quantitative estimate of drug-likeness (QED) is 0.222. The van der Waals surface area contributed by atoms with Gasteiger partial charge in [-0.2, -0.15) is 0 Å². The van der Waals surface area contributed by atoms with Gasteiger partial charge in [-0.1, -0.05) is 22.6 Å². The van der Waals surface area contributed by atoms with E-state index in [1.807, 2.05) is 22.6 Å². The second kappa shape index (κ2) is 9.46. The highest BCUT2D eigenvalue weighted by Gasteiger charge is 2.35. The van der Waals surface area contributed by atoms with Gasteiger partial charge in [0.2, 0.25) is 5.91 Å². The van der Waals surface area contributed by atoms with Crippen LogP contribution in [0.1, 0.15) is 31.1 Å². The Morgan fingerprint density at radius 1 is 1.44 bits per heavy atom. The summed E-state index contributed by atoms with van der Waals surface area (Å²) in [6.45, 7) is 0.195. The number of unbranched alkanes of at least 4 members (excludes halogenated alkanes) is 1. The zero-order chi connectivity index (χ0) is 18.4. The summed E-state index contributed by atoms with van der Waals surface area (Å²) < 4.78 is 7.11. The van der Waals surface area contributed by atoms with Crippen LogP contribution in [0.15, 0.2) is 15.8 Å². The zero-order valence-corrected chi connectivity index (χ0v) is 15.8. The second-order valence-electron chi connectivity index (χ2n) is 5.88. The molecule has 0 saturated carbocycles. The Kier molecular flexibility index (Phi) is 7.59. The molecule has 0 spiro atoms. The van der Waals surface area contributed by atoms with E-state index in [1.54, 1.807) is 0 Å². The zero-order valence-electron chi connectivity index (χ0n) is 13.6. The van der Waals surface area contributed by atoms with Gasteiger partial charge in [0.15, 0.2) is 0 Å². The van der Waals surface area contributed by atoms with Crippen molar-refractivity contribution in [3.05, 3.63) is 32.6 Å². The van der Waals surface area contributed by atoms with Crippen LogP contribution in [0.3, 0.4) is 0 Å². The Morgan fingerprint density at radius 2 is 2.20 bits per heavy atom. The minimum atomic E-state index is -0.862. The molecule has 0 bridgehead atoms. The Balaban J connectivity index is 1.99. The average molecular weight is 467 g/mol. The predicted molar refractivity (Wildman–Crippen MR) is 97.8 cm³/mol. The van der Waals surface area contributed by atoms with Gasteiger partial charge in [-0.25, -0.2) is 4.79 Å². The van der Waals surface area contributed by atoms with Gasteiger partial charge >= 0.3 is 5.69 Å². The number of aryl methyl sites for hydroxylation is 1. The third-order valence-electron chi connectivity index (χ3n) is 4.05. The molecule has 1 fully saturated rings. The van der Waals surface area contributed by atoms with Crippen LogP contribution < -0.4 is 16.6 Å². The molecule has 3 atom stereocenters. The lowest BCUT2D eigenvalue weighted by molar-refractivity contribution is -0.118. The fraction of sp³-hybridized carbons (Fsp3) is 0.667. The van der Waals surface area contributed by atoms with Crippen LogP contribution in [0.25, 0.3) is 0 Å². The Morgan fingerprint density at radius 3 is 2.84 bits per heavy atom. The van der Waals surface area contributed by atoms with E-state index >= 15 is 0 Å². The van der Waals surface area contributed by atoms with Crippen molar-refractivity contribution in [1.82, 2.24) is 14.9 Å². The third kappa shape index (κ3) is 5.36. The van der Waals surface area contributed by atoms with Crippen molar-refractivity contribution in [2.75, 3.05) is 17.6 Å². The first-order chi connectivity index (χ1) is 12.0. The molecular weight excluding hydrogens is 445 g/mol. The Bertz CT molecular complexity index is 703. The maximum Gasteiger partial charge on any atom is 0.330 e. The average Bonchev–Trinajstić information content (AvgIpc) is 2.96. The van der Waals surface area contributed by atoms with Crippen molar-refractivity contribution in [2.24, 2.45) is 0 Å². The normalized spacial score (nSPS) is 22.9. The molecule has 25 heavy (non-hydrogen) atoms. The van der Waals surface area contributed by atoms with Gasteiger partial charge in [0, 0.05) is 24.7 Å². The van der Waals surface area contributed by atoms with Crippen molar-refractivity contribution < 1.29 is 19.7 Å². The number of aromatic amines is 1. The minimum Gasteiger partial charge on any atom is -0.394 e. The lowest BCUT2D eigenvalue weighted by Crippen LogP contribution is -2.34. The molecule has 1 aromatic rings. The summed E-state index contributed by atoms with van der Waals surface area (Å²) in [7, 11) is 0. The number of ether oxygens (including phenoxy) is 1. The lowest BCUT2D eigenvalue weighted by Gasteiger charge is -2.15. The summed E-state index contributed by atoms with van der Waals surface area (Å²) in [6, 6.07) is 0. The maximum atomic E-state index is 12.0. The van der Waals surface area contributed by atoms with Crippen LogP contribution in [0.2, 0.25) is 0 Å². The number of nitrogens with one attached hydrogen (secondary N) is 2. The van der Waals surface area contributed by atoms with E-state index < -0.39 is 29.7 Å². The topological polar surface area (TPSA) is 134 Å². The maximum absolute atomic E-state index is 12.0. The SMILES string of the molecule is O=C(CI)NCCCCc1cn([C@H]2C[C@H](O)[C@@H](CO)O2)c(=O)[nH]c1=O. The number of rotatable bonds is 8. The first-order valence-corrected chi connectivity index (χ1v) is 9.60. The smallest absolute Gasteiger partial charge is 0.330 e. The van der Waals surface area contributed by atoms with Gasteiger partial charge < -0.3 is 20.3 Å². The highest BCUT2D eigenvalue weighted by molar-refractivity contribution is 14.1. The van der Waals surface area contributed by atoms with E-state index in [0.29, 0.717) is 35.8 Å². The molecule has 0 unspecified atom stereocenters. The molecule has 1 amide bonds. The molecule has 0 aromatic carbocycles. The fourth-order valence-electron chi connectivity index (χ4n) is 2.68. The van der Waals surface area contributed by atoms with Gasteiger partial charge in [0.25, 0.3) is 5.56 Å². The number of halogens is 1. The number of aromatic nitrogens is 2. The van der Waals surface area contributed by atoms with E-state index in [-0.39, 0.29) is 18.9 Å². The summed E-state index contributed by atoms with van der Waals surface area (Å²) >= 11 is 1.98. The number of nitrogens with zero attached hydrogens (tertiary/aromatic N) is 1. The molecule has 1 aromatic heterocycles. The molecule has 0 radical (unpaired) electrons. The predicted octanol–water partition coefficient (Wildman–Crippen LogP) is -0.949. The summed E-state index contributed by atoms with van der Waals surface area (Å²) in [5, 5.41) is 21.7. The van der Waals surface area contributed by atoms with E-state index in [9.17, 15) is 19.5 Å². The Hall–Kier alpha value is -1.24. The number of carbonyl (C=O) groups is 1. The van der Waals surface area contributed by atoms with Crippen LogP contribution >= 0.6 is 22.6 Å². The number of H-pyrrole nitrogens is 1. The van der Waals surface area contributed by atoms with Crippen molar-refractivity contribution in [2.45, 2.75) is 44.1 Å². The number of amides is 1. The number of carbonyl (C=O) groups excluding carboxylic acids is 1. The van der Waals surface area contributed by atoms with Crippen molar-refractivity contribution in [3.63, 3.8) is 0 Å². The highest BCUT2D eigenvalue weighted by Crippen LogP contribution is 2.27. The van der Waals surface area contributed by atoms with E-state index in [1.165, 1.54) is 10.8 Å². The molecule has 10 heteroatoms. The Labute approximate surface area is 157 Å². The molecule has 0 aliphatic carbocycles. The summed E-state index contributed by atoms with van der Waals surface area (Å²) in [6.07, 6.45) is 1.13. The van der Waals surface area contributed by atoms with Gasteiger partial charge in [0.05, 0.1) is 17.1 Å². The number of aliphatic hydroxyl groups is 2. The molecule has 2 rings (SSSR count). The number of aliphatic hydroxyl groups excluding tert-OH is 2. The van der Waals surface area contributed by atoms with E-state index in [2.05, 4.69) is 10.3 Å². The fourth-order valence-corrected chi connectivity index (χ4v) is 2.95. The van der Waals surface area contributed by atoms with Crippen LogP contribution in [0.5, 0.6) is 0 Å². The molecule has 4 N–H and O–H groups in total. The van der Waals surface area contributed by atoms with Crippen molar-refractivity contribution >= 4 is 28.5 Å². The lowest BCUT2D eigenvalue weighted by atomic mass is 10.1. The van der Waals surface area contributed by atoms with Crippen molar-refractivity contribution in [1.29, 1.82) is 0 Å². The minimum absolute atomic E-state index is 0.0256. The molecule has 1 aliphatic rings. The molecule has 140 valence electrons. The first kappa shape index (κ1) is 20.1. The summed E-state index contributed by atoms with van der Waals surface area (Å²) in [4.78, 5) is 37.3. The number of alkyl halides is 1. The standard InChI is InChI=1S/C15H22IN3O6/c16-6-12(22)17-4-2-1-3-9-7-19(15(24)18-14(9)23)13-5-10(21)11(8-20)25-13/h7,10-11,13,20-21H,1-6,8H2,(H,17,22)(H,18,23,24)/t10-,11+,13+/m0/s1. The monoisotopic (exact) mass is 467 g/mol. The highest BCUT2D eigenvalue weighted by atomic mass is 127. The second-order valence-corrected chi connectivity index (χ2v) is 6.64. The van der Waals surface area contributed by atoms with E-state index in [4.69, 9.17) is 9.84 Å². The molecule has 9 nitrogen and oxygen atoms in total. The largest absolute Gasteiger partial charge is 0.394 e. The van der Waals surface area contributed by atoms with Crippen LogP contribution in [-0.2, 0) is 16.0 Å². The number of hydrogen-bond donors (Lipinski definition) is 4. The van der Waals surface area contributed by atoms with Gasteiger partial charge in [-0.15, -0.1) is 0 Å². The molecule has 2 heterocycles. The molecule has 1 saturated heterocycles. The van der Waals surface area contributed by atoms with Crippen LogP contribution in [-0.4, -0.2) is 55.5 Å². The number of hydrogen-bond acceptors (Lipinski definition) is 6. The van der Waals surface area contributed by atoms with Gasteiger partial charge in [-0.3, -0.25) is 19.1 Å². The molecular formula is C15H22IN3O6. The van der Waals surface area contributed by atoms with Crippen LogP contribution in [0, 0.1) is 0 Å². The van der Waals surface area contributed by atoms with Gasteiger partial charge in [-0.05, 0) is 19.3 Å². The van der Waals surface area contributed by atoms with Crippen LogP contribution in [0.4, 0.5) is 0 Å². The third-order valence-corrected chi connectivity index (χ3v) is 4.75. The molecule has 1 aliphatic heterocycles. The summed E-state index contributed by atoms with van der Waals surface area (Å²) in [5.74, 6) is -0.0256.